The van der Waals surface area contributed by atoms with Crippen molar-refractivity contribution < 1.29 is 9.84 Å². The number of aliphatic hydroxyl groups is 1. The highest BCUT2D eigenvalue weighted by Crippen LogP contribution is 1.97. The molecule has 0 aliphatic rings. The summed E-state index contributed by atoms with van der Waals surface area (Å²) in [6, 6.07) is 5.91. The summed E-state index contributed by atoms with van der Waals surface area (Å²) in [6.07, 6.45) is 2.28. The summed E-state index contributed by atoms with van der Waals surface area (Å²) < 4.78 is 4.88. The highest BCUT2D eigenvalue weighted by atomic mass is 16.5. The zero-order chi connectivity index (χ0) is 11.8. The number of methoxy groups -OCH3 is 1. The quantitative estimate of drug-likeness (QED) is 0.735. The van der Waals surface area contributed by atoms with Gasteiger partial charge in [0.25, 0.3) is 0 Å². The van der Waals surface area contributed by atoms with Crippen LogP contribution in [-0.2, 0) is 11.2 Å². The smallest absolute Gasteiger partial charge is 0.0899 e. The van der Waals surface area contributed by atoms with E-state index in [2.05, 4.69) is 9.88 Å². The minimum Gasteiger partial charge on any atom is -0.389 e. The van der Waals surface area contributed by atoms with Crippen molar-refractivity contribution in [3.05, 3.63) is 30.1 Å². The molecule has 90 valence electrons. The van der Waals surface area contributed by atoms with Gasteiger partial charge in [-0.05, 0) is 19.2 Å². The summed E-state index contributed by atoms with van der Waals surface area (Å²) in [5, 5.41) is 9.53. The van der Waals surface area contributed by atoms with Gasteiger partial charge in [0.1, 0.15) is 0 Å². The Hall–Kier alpha value is -0.970. The van der Waals surface area contributed by atoms with Crippen molar-refractivity contribution in [3.8, 4) is 0 Å². The van der Waals surface area contributed by atoms with Gasteiger partial charge < -0.3 is 14.7 Å². The van der Waals surface area contributed by atoms with Gasteiger partial charge in [-0.15, -0.1) is 0 Å². The van der Waals surface area contributed by atoms with E-state index in [1.54, 1.807) is 13.3 Å². The van der Waals surface area contributed by atoms with Crippen molar-refractivity contribution >= 4 is 0 Å². The molecule has 1 rings (SSSR count). The van der Waals surface area contributed by atoms with Gasteiger partial charge in [0.05, 0.1) is 12.7 Å². The molecule has 16 heavy (non-hydrogen) atoms. The molecule has 1 heterocycles. The van der Waals surface area contributed by atoms with Gasteiger partial charge in [0, 0.05) is 38.5 Å². The Balaban J connectivity index is 2.22. The Morgan fingerprint density at radius 1 is 1.50 bits per heavy atom. The van der Waals surface area contributed by atoms with E-state index < -0.39 is 6.10 Å². The lowest BCUT2D eigenvalue weighted by atomic mass is 10.2. The first-order chi connectivity index (χ1) is 7.72. The van der Waals surface area contributed by atoms with Crippen molar-refractivity contribution in [3.63, 3.8) is 0 Å². The molecule has 0 radical (unpaired) electrons. The summed E-state index contributed by atoms with van der Waals surface area (Å²) >= 11 is 0. The van der Waals surface area contributed by atoms with Crippen molar-refractivity contribution in [1.82, 2.24) is 9.88 Å². The first-order valence-electron chi connectivity index (χ1n) is 5.48. The summed E-state index contributed by atoms with van der Waals surface area (Å²) in [6.45, 7) is 1.90. The predicted octanol–water partition coefficient (Wildman–Crippen LogP) is 0.563. The number of hydrogen-bond acceptors (Lipinski definition) is 4. The topological polar surface area (TPSA) is 45.6 Å². The van der Waals surface area contributed by atoms with Crippen LogP contribution in [0.25, 0.3) is 0 Å². The molecular formula is C12H20N2O2. The molecule has 0 fully saturated rings. The predicted molar refractivity (Wildman–Crippen MR) is 63.3 cm³/mol. The van der Waals surface area contributed by atoms with Crippen LogP contribution in [0.5, 0.6) is 0 Å². The highest BCUT2D eigenvalue weighted by Gasteiger charge is 2.07. The molecule has 0 aliphatic heterocycles. The number of aliphatic hydroxyl groups excluding tert-OH is 1. The SMILES string of the molecule is COCC(O)CN(C)CCc1ccccn1. The third-order valence-electron chi connectivity index (χ3n) is 2.36. The Kier molecular flexibility index (Phi) is 6.00. The minimum absolute atomic E-state index is 0.383. The fourth-order valence-electron chi connectivity index (χ4n) is 1.55. The monoisotopic (exact) mass is 224 g/mol. The summed E-state index contributed by atoms with van der Waals surface area (Å²) in [7, 11) is 3.58. The van der Waals surface area contributed by atoms with Crippen LogP contribution in [0.4, 0.5) is 0 Å². The summed E-state index contributed by atoms with van der Waals surface area (Å²) in [4.78, 5) is 6.33. The van der Waals surface area contributed by atoms with Gasteiger partial charge in [-0.1, -0.05) is 6.07 Å². The van der Waals surface area contributed by atoms with Crippen LogP contribution < -0.4 is 0 Å². The Labute approximate surface area is 96.9 Å². The van der Waals surface area contributed by atoms with Crippen LogP contribution in [0.3, 0.4) is 0 Å². The number of hydrogen-bond donors (Lipinski definition) is 1. The van der Waals surface area contributed by atoms with Crippen molar-refractivity contribution in [1.29, 1.82) is 0 Å². The molecule has 4 nitrogen and oxygen atoms in total. The Morgan fingerprint density at radius 3 is 2.94 bits per heavy atom. The normalized spacial score (nSPS) is 13.0. The molecule has 1 atom stereocenters. The number of nitrogens with zero attached hydrogens (tertiary/aromatic N) is 2. The van der Waals surface area contributed by atoms with E-state index in [0.717, 1.165) is 18.7 Å². The third-order valence-corrected chi connectivity index (χ3v) is 2.36. The number of likely N-dealkylation sites (N-methyl/N-ethyl adjacent to an activating group) is 1. The standard InChI is InChI=1S/C12H20N2O2/c1-14(9-12(15)10-16-2)8-6-11-5-3-4-7-13-11/h3-5,7,12,15H,6,8-10H2,1-2H3. The molecule has 0 bridgehead atoms. The summed E-state index contributed by atoms with van der Waals surface area (Å²) in [5.41, 5.74) is 1.08. The molecule has 0 spiro atoms. The molecule has 1 aromatic rings. The second-order valence-corrected chi connectivity index (χ2v) is 3.94. The maximum absolute atomic E-state index is 9.53. The van der Waals surface area contributed by atoms with Crippen LogP contribution >= 0.6 is 0 Å². The highest BCUT2D eigenvalue weighted by molar-refractivity contribution is 5.03. The fraction of sp³-hybridized carbons (Fsp3) is 0.583. The van der Waals surface area contributed by atoms with Crippen molar-refractivity contribution in [2.75, 3.05) is 33.9 Å². The lowest BCUT2D eigenvalue weighted by Crippen LogP contribution is -2.33. The van der Waals surface area contributed by atoms with Gasteiger partial charge in [0.2, 0.25) is 0 Å². The summed E-state index contributed by atoms with van der Waals surface area (Å²) in [5.74, 6) is 0. The second-order valence-electron chi connectivity index (χ2n) is 3.94. The van der Waals surface area contributed by atoms with E-state index in [-0.39, 0.29) is 0 Å². The largest absolute Gasteiger partial charge is 0.389 e. The van der Waals surface area contributed by atoms with Crippen LogP contribution in [0, 0.1) is 0 Å². The number of ether oxygens (including phenoxy) is 1. The molecule has 0 aromatic carbocycles. The second kappa shape index (κ2) is 7.33. The Morgan fingerprint density at radius 2 is 2.31 bits per heavy atom. The Bertz CT molecular complexity index is 280. The van der Waals surface area contributed by atoms with Gasteiger partial charge in [0.15, 0.2) is 0 Å². The fourth-order valence-corrected chi connectivity index (χ4v) is 1.55. The molecule has 1 aromatic heterocycles. The molecule has 1 N–H and O–H groups in total. The average molecular weight is 224 g/mol. The first kappa shape index (κ1) is 13.1. The van der Waals surface area contributed by atoms with Crippen LogP contribution in [0.2, 0.25) is 0 Å². The number of pyridine rings is 1. The molecule has 0 saturated carbocycles. The van der Waals surface area contributed by atoms with Crippen molar-refractivity contribution in [2.24, 2.45) is 0 Å². The lowest BCUT2D eigenvalue weighted by Gasteiger charge is -2.19. The van der Waals surface area contributed by atoms with Gasteiger partial charge in [-0.2, -0.15) is 0 Å². The van der Waals surface area contributed by atoms with E-state index in [1.165, 1.54) is 0 Å². The molecular weight excluding hydrogens is 204 g/mol. The van der Waals surface area contributed by atoms with Crippen LogP contribution in [0.1, 0.15) is 5.69 Å². The minimum atomic E-state index is -0.418. The molecule has 4 heteroatoms. The number of rotatable bonds is 7. The molecule has 0 aliphatic carbocycles. The van der Waals surface area contributed by atoms with E-state index in [9.17, 15) is 5.11 Å². The first-order valence-corrected chi connectivity index (χ1v) is 5.48. The lowest BCUT2D eigenvalue weighted by molar-refractivity contribution is 0.0435. The zero-order valence-electron chi connectivity index (χ0n) is 9.97. The zero-order valence-corrected chi connectivity index (χ0v) is 9.97. The molecule has 0 amide bonds. The van der Waals surface area contributed by atoms with E-state index in [1.807, 2.05) is 25.2 Å². The number of aromatic nitrogens is 1. The maximum atomic E-state index is 9.53. The van der Waals surface area contributed by atoms with Crippen molar-refractivity contribution in [2.45, 2.75) is 12.5 Å². The maximum Gasteiger partial charge on any atom is 0.0899 e. The van der Waals surface area contributed by atoms with E-state index in [4.69, 9.17) is 4.74 Å². The van der Waals surface area contributed by atoms with Gasteiger partial charge in [-0.3, -0.25) is 4.98 Å². The third kappa shape index (κ3) is 5.21. The van der Waals surface area contributed by atoms with Gasteiger partial charge in [-0.25, -0.2) is 0 Å². The molecule has 0 saturated heterocycles. The average Bonchev–Trinajstić information content (AvgIpc) is 2.28. The van der Waals surface area contributed by atoms with Crippen LogP contribution in [0.15, 0.2) is 24.4 Å². The van der Waals surface area contributed by atoms with Gasteiger partial charge >= 0.3 is 0 Å². The van der Waals surface area contributed by atoms with Crippen LogP contribution in [-0.4, -0.2) is 54.9 Å². The van der Waals surface area contributed by atoms with E-state index in [0.29, 0.717) is 13.2 Å². The van der Waals surface area contributed by atoms with E-state index >= 15 is 0 Å². The molecule has 1 unspecified atom stereocenters.